The van der Waals surface area contributed by atoms with Gasteiger partial charge in [-0.1, -0.05) is 37.3 Å². The van der Waals surface area contributed by atoms with E-state index in [4.69, 9.17) is 0 Å². The molecule has 1 fully saturated rings. The lowest BCUT2D eigenvalue weighted by atomic mass is 10.1. The second-order valence-electron chi connectivity index (χ2n) is 10.3. The van der Waals surface area contributed by atoms with Crippen molar-refractivity contribution in [2.75, 3.05) is 41.7 Å². The van der Waals surface area contributed by atoms with Crippen LogP contribution in [0.2, 0.25) is 0 Å². The molecule has 1 unspecified atom stereocenters. The fourth-order valence-electron chi connectivity index (χ4n) is 5.09. The van der Waals surface area contributed by atoms with E-state index in [0.29, 0.717) is 17.9 Å². The first-order valence-corrected chi connectivity index (χ1v) is 14.1. The summed E-state index contributed by atoms with van der Waals surface area (Å²) in [5.74, 6) is -1.61. The van der Waals surface area contributed by atoms with Gasteiger partial charge in [-0.3, -0.25) is 14.5 Å². The SMILES string of the molecule is CCN1CCCC1CN(C(=O)CNC(=O)Cc1ccc(NC(=O)Nc2ccccc2C)cc1)c1ccc(C(=O)O)cc1. The molecule has 1 aliphatic heterocycles. The molecule has 0 aliphatic carbocycles. The number of likely N-dealkylation sites (N-methyl/N-ethyl adjacent to an activating group) is 1. The Hall–Kier alpha value is -4.70. The summed E-state index contributed by atoms with van der Waals surface area (Å²) in [5.41, 5.74) is 3.72. The Labute approximate surface area is 245 Å². The smallest absolute Gasteiger partial charge is 0.335 e. The van der Waals surface area contributed by atoms with E-state index in [1.54, 1.807) is 41.3 Å². The van der Waals surface area contributed by atoms with Gasteiger partial charge in [0.2, 0.25) is 11.8 Å². The van der Waals surface area contributed by atoms with Crippen LogP contribution >= 0.6 is 0 Å². The molecule has 0 radical (unpaired) electrons. The first-order valence-electron chi connectivity index (χ1n) is 14.1. The summed E-state index contributed by atoms with van der Waals surface area (Å²) in [6.07, 6.45) is 2.10. The molecule has 0 aromatic heterocycles. The number of anilines is 3. The number of hydrogen-bond acceptors (Lipinski definition) is 5. The Morgan fingerprint density at radius 1 is 0.952 bits per heavy atom. The Bertz CT molecular complexity index is 1410. The van der Waals surface area contributed by atoms with Crippen LogP contribution in [0.5, 0.6) is 0 Å². The minimum absolute atomic E-state index is 0.0719. The van der Waals surface area contributed by atoms with Gasteiger partial charge in [0.1, 0.15) is 0 Å². The molecular weight excluding hydrogens is 534 g/mol. The second kappa shape index (κ2) is 14.3. The van der Waals surface area contributed by atoms with Crippen molar-refractivity contribution in [3.63, 3.8) is 0 Å². The van der Waals surface area contributed by atoms with Gasteiger partial charge in [-0.15, -0.1) is 0 Å². The van der Waals surface area contributed by atoms with Gasteiger partial charge in [0.15, 0.2) is 0 Å². The molecule has 0 saturated carbocycles. The highest BCUT2D eigenvalue weighted by atomic mass is 16.4. The number of aryl methyl sites for hydroxylation is 1. The number of carbonyl (C=O) groups excluding carboxylic acids is 3. The van der Waals surface area contributed by atoms with E-state index in [-0.39, 0.29) is 42.4 Å². The molecule has 220 valence electrons. The Morgan fingerprint density at radius 2 is 1.67 bits per heavy atom. The maximum atomic E-state index is 13.3. The van der Waals surface area contributed by atoms with E-state index >= 15 is 0 Å². The van der Waals surface area contributed by atoms with Crippen LogP contribution in [0.3, 0.4) is 0 Å². The molecule has 10 heteroatoms. The van der Waals surface area contributed by atoms with Gasteiger partial charge in [0.05, 0.1) is 18.5 Å². The van der Waals surface area contributed by atoms with Crippen LogP contribution in [0, 0.1) is 6.92 Å². The quantitative estimate of drug-likeness (QED) is 0.268. The molecule has 0 spiro atoms. The number of carbonyl (C=O) groups is 4. The highest BCUT2D eigenvalue weighted by Gasteiger charge is 2.28. The van der Waals surface area contributed by atoms with Crippen LogP contribution < -0.4 is 20.9 Å². The van der Waals surface area contributed by atoms with Crippen LogP contribution in [-0.4, -0.2) is 66.0 Å². The molecule has 1 aliphatic rings. The lowest BCUT2D eigenvalue weighted by Crippen LogP contribution is -2.47. The number of benzene rings is 3. The van der Waals surface area contributed by atoms with Crippen molar-refractivity contribution in [2.45, 2.75) is 39.2 Å². The molecule has 1 saturated heterocycles. The first kappa shape index (κ1) is 30.3. The number of carboxylic acids is 1. The number of nitrogens with one attached hydrogen (secondary N) is 3. The largest absolute Gasteiger partial charge is 0.478 e. The number of rotatable bonds is 11. The van der Waals surface area contributed by atoms with Gasteiger partial charge in [0.25, 0.3) is 0 Å². The fraction of sp³-hybridized carbons (Fsp3) is 0.312. The monoisotopic (exact) mass is 571 g/mol. The number of nitrogens with zero attached hydrogens (tertiary/aromatic N) is 2. The zero-order chi connectivity index (χ0) is 30.1. The van der Waals surface area contributed by atoms with Crippen molar-refractivity contribution in [1.29, 1.82) is 0 Å². The zero-order valence-electron chi connectivity index (χ0n) is 23.9. The average Bonchev–Trinajstić information content (AvgIpc) is 3.44. The summed E-state index contributed by atoms with van der Waals surface area (Å²) in [6.45, 7) is 6.14. The summed E-state index contributed by atoms with van der Waals surface area (Å²) >= 11 is 0. The van der Waals surface area contributed by atoms with Crippen molar-refractivity contribution >= 4 is 40.9 Å². The third kappa shape index (κ3) is 8.17. The fourth-order valence-corrected chi connectivity index (χ4v) is 5.09. The molecule has 1 heterocycles. The number of carboxylic acid groups (broad SMARTS) is 1. The average molecular weight is 572 g/mol. The van der Waals surface area contributed by atoms with E-state index in [2.05, 4.69) is 27.8 Å². The van der Waals surface area contributed by atoms with E-state index in [9.17, 15) is 24.3 Å². The summed E-state index contributed by atoms with van der Waals surface area (Å²) in [6, 6.07) is 20.5. The Balaban J connectivity index is 1.32. The van der Waals surface area contributed by atoms with Crippen molar-refractivity contribution in [3.05, 3.63) is 89.5 Å². The van der Waals surface area contributed by atoms with Crippen LogP contribution in [0.4, 0.5) is 21.9 Å². The van der Waals surface area contributed by atoms with E-state index in [1.807, 2.05) is 31.2 Å². The predicted octanol–water partition coefficient (Wildman–Crippen LogP) is 4.51. The lowest BCUT2D eigenvalue weighted by Gasteiger charge is -2.30. The first-order chi connectivity index (χ1) is 20.2. The maximum absolute atomic E-state index is 13.3. The third-order valence-electron chi connectivity index (χ3n) is 7.43. The van der Waals surface area contributed by atoms with Gasteiger partial charge in [-0.25, -0.2) is 9.59 Å². The minimum Gasteiger partial charge on any atom is -0.478 e. The number of hydrogen-bond donors (Lipinski definition) is 4. The third-order valence-corrected chi connectivity index (χ3v) is 7.43. The number of likely N-dealkylation sites (tertiary alicyclic amines) is 1. The molecule has 42 heavy (non-hydrogen) atoms. The van der Waals surface area contributed by atoms with Crippen molar-refractivity contribution in [3.8, 4) is 0 Å². The molecule has 3 aromatic rings. The van der Waals surface area contributed by atoms with Crippen molar-refractivity contribution < 1.29 is 24.3 Å². The molecule has 4 amide bonds. The van der Waals surface area contributed by atoms with E-state index in [0.717, 1.165) is 42.7 Å². The van der Waals surface area contributed by atoms with Gasteiger partial charge in [0, 0.05) is 29.6 Å². The lowest BCUT2D eigenvalue weighted by molar-refractivity contribution is -0.124. The van der Waals surface area contributed by atoms with Gasteiger partial charge >= 0.3 is 12.0 Å². The van der Waals surface area contributed by atoms with Crippen LogP contribution in [0.15, 0.2) is 72.8 Å². The van der Waals surface area contributed by atoms with Crippen LogP contribution in [0.1, 0.15) is 41.3 Å². The van der Waals surface area contributed by atoms with Crippen LogP contribution in [-0.2, 0) is 16.0 Å². The van der Waals surface area contributed by atoms with Crippen molar-refractivity contribution in [1.82, 2.24) is 10.2 Å². The number of urea groups is 1. The Morgan fingerprint density at radius 3 is 2.33 bits per heavy atom. The number of aromatic carboxylic acids is 1. The number of para-hydroxylation sites is 1. The Kier molecular flexibility index (Phi) is 10.3. The highest BCUT2D eigenvalue weighted by molar-refractivity contribution is 6.00. The van der Waals surface area contributed by atoms with E-state index in [1.165, 1.54) is 12.1 Å². The normalized spacial score (nSPS) is 14.7. The molecule has 10 nitrogen and oxygen atoms in total. The molecular formula is C32H37N5O5. The molecule has 0 bridgehead atoms. The molecule has 1 atom stereocenters. The number of amides is 4. The summed E-state index contributed by atoms with van der Waals surface area (Å²) in [4.78, 5) is 53.6. The van der Waals surface area contributed by atoms with E-state index < -0.39 is 5.97 Å². The topological polar surface area (TPSA) is 131 Å². The highest BCUT2D eigenvalue weighted by Crippen LogP contribution is 2.22. The molecule has 3 aromatic carbocycles. The van der Waals surface area contributed by atoms with Gasteiger partial charge in [-0.05, 0) is 86.4 Å². The van der Waals surface area contributed by atoms with Crippen molar-refractivity contribution in [2.24, 2.45) is 0 Å². The predicted molar refractivity (Wildman–Crippen MR) is 163 cm³/mol. The maximum Gasteiger partial charge on any atom is 0.335 e. The second-order valence-corrected chi connectivity index (χ2v) is 10.3. The molecule has 4 N–H and O–H groups in total. The summed E-state index contributed by atoms with van der Waals surface area (Å²) in [7, 11) is 0. The summed E-state index contributed by atoms with van der Waals surface area (Å²) in [5, 5.41) is 17.6. The standard InChI is InChI=1S/C32H37N5O5/c1-3-36-18-6-8-27(36)21-37(26-16-12-24(13-17-26)31(40)41)30(39)20-33-29(38)19-23-10-14-25(15-11-23)34-32(42)35-28-9-5-4-7-22(28)2/h4-5,7,9-17,27H,3,6,8,18-21H2,1-2H3,(H,33,38)(H,40,41)(H2,34,35,42). The summed E-state index contributed by atoms with van der Waals surface area (Å²) < 4.78 is 0. The molecule has 4 rings (SSSR count). The van der Waals surface area contributed by atoms with Gasteiger partial charge in [-0.2, -0.15) is 0 Å². The minimum atomic E-state index is -1.03. The van der Waals surface area contributed by atoms with Crippen LogP contribution in [0.25, 0.3) is 0 Å². The van der Waals surface area contributed by atoms with Gasteiger partial charge < -0.3 is 26.0 Å². The zero-order valence-corrected chi connectivity index (χ0v) is 23.9.